The zero-order valence-electron chi connectivity index (χ0n) is 8.87. The van der Waals surface area contributed by atoms with E-state index in [1.807, 2.05) is 0 Å². The fourth-order valence-electron chi connectivity index (χ4n) is 1.78. The van der Waals surface area contributed by atoms with Gasteiger partial charge in [-0.2, -0.15) is 5.26 Å². The fourth-order valence-corrected chi connectivity index (χ4v) is 1.78. The van der Waals surface area contributed by atoms with Crippen LogP contribution in [0.3, 0.4) is 0 Å². The number of piperidine rings is 1. The van der Waals surface area contributed by atoms with Gasteiger partial charge >= 0.3 is 0 Å². The molecule has 3 nitrogen and oxygen atoms in total. The number of hydrogen-bond donors (Lipinski definition) is 1. The van der Waals surface area contributed by atoms with Crippen LogP contribution in [-0.2, 0) is 0 Å². The minimum absolute atomic E-state index is 0.0290. The zero-order valence-corrected chi connectivity index (χ0v) is 8.87. The second-order valence-corrected chi connectivity index (χ2v) is 3.84. The number of hydrogen-bond acceptors (Lipinski definition) is 3. The first kappa shape index (κ1) is 10.9. The van der Waals surface area contributed by atoms with Crippen molar-refractivity contribution in [3.05, 3.63) is 29.6 Å². The van der Waals surface area contributed by atoms with Crippen LogP contribution in [0.15, 0.2) is 18.2 Å². The molecule has 0 bridgehead atoms. The number of nitrogens with zero attached hydrogens (tertiary/aromatic N) is 1. The Bertz CT molecular complexity index is 408. The third-order valence-electron chi connectivity index (χ3n) is 2.61. The highest BCUT2D eigenvalue weighted by Crippen LogP contribution is 2.19. The summed E-state index contributed by atoms with van der Waals surface area (Å²) in [5, 5.41) is 11.9. The molecule has 0 saturated carbocycles. The fraction of sp³-hybridized carbons (Fsp3) is 0.417. The van der Waals surface area contributed by atoms with Gasteiger partial charge in [0, 0.05) is 12.6 Å². The van der Waals surface area contributed by atoms with E-state index in [2.05, 4.69) is 5.32 Å². The molecule has 0 aromatic heterocycles. The minimum atomic E-state index is -0.503. The maximum atomic E-state index is 13.1. The maximum Gasteiger partial charge on any atom is 0.141 e. The van der Waals surface area contributed by atoms with Crippen molar-refractivity contribution in [3.63, 3.8) is 0 Å². The SMILES string of the molecule is N#Cc1cc(OC2CCCNC2)ccc1F. The summed E-state index contributed by atoms with van der Waals surface area (Å²) in [6.07, 6.45) is 2.19. The Labute approximate surface area is 93.8 Å². The van der Waals surface area contributed by atoms with E-state index in [1.165, 1.54) is 12.1 Å². The molecule has 1 aliphatic rings. The van der Waals surface area contributed by atoms with Crippen molar-refractivity contribution < 1.29 is 9.13 Å². The predicted octanol–water partition coefficient (Wildman–Crippen LogP) is 1.83. The standard InChI is InChI=1S/C12H13FN2O/c13-12-4-3-10(6-9(12)7-14)16-11-2-1-5-15-8-11/h3-4,6,11,15H,1-2,5,8H2. The lowest BCUT2D eigenvalue weighted by atomic mass is 10.1. The summed E-state index contributed by atoms with van der Waals surface area (Å²) in [6, 6.07) is 6.08. The van der Waals surface area contributed by atoms with Crippen molar-refractivity contribution in [2.75, 3.05) is 13.1 Å². The van der Waals surface area contributed by atoms with Crippen molar-refractivity contribution in [1.82, 2.24) is 5.32 Å². The molecule has 2 rings (SSSR count). The van der Waals surface area contributed by atoms with Gasteiger partial charge in [0.1, 0.15) is 23.7 Å². The normalized spacial score (nSPS) is 20.1. The largest absolute Gasteiger partial charge is 0.489 e. The highest BCUT2D eigenvalue weighted by atomic mass is 19.1. The average molecular weight is 220 g/mol. The predicted molar refractivity (Wildman–Crippen MR) is 57.6 cm³/mol. The summed E-state index contributed by atoms with van der Waals surface area (Å²) in [5.41, 5.74) is 0.0290. The lowest BCUT2D eigenvalue weighted by molar-refractivity contribution is 0.167. The third-order valence-corrected chi connectivity index (χ3v) is 2.61. The summed E-state index contributed by atoms with van der Waals surface area (Å²) in [6.45, 7) is 1.83. The lowest BCUT2D eigenvalue weighted by Gasteiger charge is -2.23. The highest BCUT2D eigenvalue weighted by Gasteiger charge is 2.14. The molecule has 1 fully saturated rings. The van der Waals surface area contributed by atoms with E-state index in [1.54, 1.807) is 12.1 Å². The number of rotatable bonds is 2. The number of nitriles is 1. The van der Waals surface area contributed by atoms with E-state index >= 15 is 0 Å². The minimum Gasteiger partial charge on any atom is -0.489 e. The molecule has 1 aromatic carbocycles. The van der Waals surface area contributed by atoms with Crippen LogP contribution in [-0.4, -0.2) is 19.2 Å². The van der Waals surface area contributed by atoms with Crippen molar-refractivity contribution >= 4 is 0 Å². The molecule has 1 aromatic rings. The van der Waals surface area contributed by atoms with Crippen LogP contribution >= 0.6 is 0 Å². The lowest BCUT2D eigenvalue weighted by Crippen LogP contribution is -2.37. The van der Waals surface area contributed by atoms with Gasteiger partial charge in [-0.15, -0.1) is 0 Å². The summed E-state index contributed by atoms with van der Waals surface area (Å²) >= 11 is 0. The summed E-state index contributed by atoms with van der Waals surface area (Å²) in [5.74, 6) is 0.0586. The Morgan fingerprint density at radius 1 is 1.50 bits per heavy atom. The first-order chi connectivity index (χ1) is 7.79. The van der Waals surface area contributed by atoms with Crippen LogP contribution in [0.1, 0.15) is 18.4 Å². The molecule has 1 unspecified atom stereocenters. The summed E-state index contributed by atoms with van der Waals surface area (Å²) < 4.78 is 18.7. The molecule has 1 atom stereocenters. The Kier molecular flexibility index (Phi) is 3.37. The van der Waals surface area contributed by atoms with Crippen LogP contribution in [0.4, 0.5) is 4.39 Å². The Hall–Kier alpha value is -1.60. The number of ether oxygens (including phenoxy) is 1. The molecule has 1 aliphatic heterocycles. The van der Waals surface area contributed by atoms with E-state index in [9.17, 15) is 4.39 Å². The van der Waals surface area contributed by atoms with Crippen LogP contribution in [0.5, 0.6) is 5.75 Å². The summed E-state index contributed by atoms with van der Waals surface area (Å²) in [4.78, 5) is 0. The van der Waals surface area contributed by atoms with Gasteiger partial charge in [-0.05, 0) is 31.5 Å². The molecule has 0 spiro atoms. The molecule has 0 amide bonds. The summed E-state index contributed by atoms with van der Waals surface area (Å²) in [7, 11) is 0. The molecule has 0 aliphatic carbocycles. The van der Waals surface area contributed by atoms with E-state index < -0.39 is 5.82 Å². The molecule has 0 radical (unpaired) electrons. The molecule has 84 valence electrons. The van der Waals surface area contributed by atoms with Crippen LogP contribution in [0.25, 0.3) is 0 Å². The van der Waals surface area contributed by atoms with E-state index in [0.717, 1.165) is 25.9 Å². The van der Waals surface area contributed by atoms with Gasteiger partial charge in [-0.25, -0.2) is 4.39 Å². The second-order valence-electron chi connectivity index (χ2n) is 3.84. The maximum absolute atomic E-state index is 13.1. The quantitative estimate of drug-likeness (QED) is 0.827. The number of benzene rings is 1. The van der Waals surface area contributed by atoms with Gasteiger partial charge in [0.05, 0.1) is 5.56 Å². The molecule has 1 saturated heterocycles. The van der Waals surface area contributed by atoms with Gasteiger partial charge in [-0.3, -0.25) is 0 Å². The topological polar surface area (TPSA) is 45.0 Å². The van der Waals surface area contributed by atoms with Crippen LogP contribution in [0.2, 0.25) is 0 Å². The van der Waals surface area contributed by atoms with Crippen molar-refractivity contribution in [1.29, 1.82) is 5.26 Å². The first-order valence-electron chi connectivity index (χ1n) is 5.36. The van der Waals surface area contributed by atoms with Crippen molar-refractivity contribution in [2.45, 2.75) is 18.9 Å². The second kappa shape index (κ2) is 4.95. The third kappa shape index (κ3) is 2.50. The number of nitrogens with one attached hydrogen (secondary N) is 1. The average Bonchev–Trinajstić information content (AvgIpc) is 2.33. The Balaban J connectivity index is 2.06. The Morgan fingerprint density at radius 3 is 3.06 bits per heavy atom. The monoisotopic (exact) mass is 220 g/mol. The van der Waals surface area contributed by atoms with Gasteiger partial charge in [0.25, 0.3) is 0 Å². The van der Waals surface area contributed by atoms with E-state index in [0.29, 0.717) is 5.75 Å². The van der Waals surface area contributed by atoms with Gasteiger partial charge in [0.15, 0.2) is 0 Å². The van der Waals surface area contributed by atoms with Crippen molar-refractivity contribution in [3.8, 4) is 11.8 Å². The Morgan fingerprint density at radius 2 is 2.38 bits per heavy atom. The molecule has 1 heterocycles. The molecule has 16 heavy (non-hydrogen) atoms. The first-order valence-corrected chi connectivity index (χ1v) is 5.36. The van der Waals surface area contributed by atoms with Crippen molar-refractivity contribution in [2.24, 2.45) is 0 Å². The van der Waals surface area contributed by atoms with E-state index in [4.69, 9.17) is 10.00 Å². The smallest absolute Gasteiger partial charge is 0.141 e. The molecular weight excluding hydrogens is 207 g/mol. The van der Waals surface area contributed by atoms with E-state index in [-0.39, 0.29) is 11.7 Å². The molecule has 4 heteroatoms. The molecular formula is C12H13FN2O. The van der Waals surface area contributed by atoms with Crippen LogP contribution < -0.4 is 10.1 Å². The highest BCUT2D eigenvalue weighted by molar-refractivity contribution is 5.37. The van der Waals surface area contributed by atoms with Gasteiger partial charge in [-0.1, -0.05) is 0 Å². The van der Waals surface area contributed by atoms with Crippen LogP contribution in [0, 0.1) is 17.1 Å². The number of halogens is 1. The zero-order chi connectivity index (χ0) is 11.4. The van der Waals surface area contributed by atoms with Gasteiger partial charge < -0.3 is 10.1 Å². The molecule has 1 N–H and O–H groups in total. The van der Waals surface area contributed by atoms with Gasteiger partial charge in [0.2, 0.25) is 0 Å².